The minimum atomic E-state index is -0.374. The summed E-state index contributed by atoms with van der Waals surface area (Å²) >= 11 is 0.889. The number of aromatic nitrogens is 2. The molecule has 0 saturated carbocycles. The van der Waals surface area contributed by atoms with Crippen molar-refractivity contribution in [2.45, 2.75) is 12.5 Å². The topological polar surface area (TPSA) is 78.4 Å². The molecule has 0 aromatic carbocycles. The second kappa shape index (κ2) is 6.05. The number of carbonyl (C=O) groups is 2. The van der Waals surface area contributed by atoms with Crippen molar-refractivity contribution in [3.8, 4) is 0 Å². The Morgan fingerprint density at radius 3 is 2.95 bits per heavy atom. The zero-order chi connectivity index (χ0) is 15.7. The number of nitrogens with one attached hydrogen (secondary N) is 1. The summed E-state index contributed by atoms with van der Waals surface area (Å²) in [4.78, 5) is 36.2. The third-order valence-electron chi connectivity index (χ3n) is 3.82. The molecule has 0 spiro atoms. The van der Waals surface area contributed by atoms with Gasteiger partial charge in [-0.25, -0.2) is 9.97 Å². The van der Waals surface area contributed by atoms with Crippen molar-refractivity contribution in [1.82, 2.24) is 20.2 Å². The van der Waals surface area contributed by atoms with E-state index >= 15 is 0 Å². The monoisotopic (exact) mass is 319 g/mol. The molecule has 1 N–H and O–H groups in total. The number of rotatable bonds is 3. The first kappa shape index (κ1) is 15.0. The predicted molar refractivity (Wildman–Crippen MR) is 85.4 cm³/mol. The van der Waals surface area contributed by atoms with Crippen LogP contribution in [0.25, 0.3) is 6.08 Å². The highest BCUT2D eigenvalue weighted by atomic mass is 32.2. The van der Waals surface area contributed by atoms with E-state index in [4.69, 9.17) is 0 Å². The Balaban J connectivity index is 1.79. The highest BCUT2D eigenvalue weighted by Crippen LogP contribution is 2.25. The van der Waals surface area contributed by atoms with E-state index < -0.39 is 0 Å². The van der Waals surface area contributed by atoms with Crippen molar-refractivity contribution in [3.05, 3.63) is 22.9 Å². The molecular weight excluding hydrogens is 302 g/mol. The van der Waals surface area contributed by atoms with Crippen LogP contribution in [-0.4, -0.2) is 59.2 Å². The second-order valence-corrected chi connectivity index (χ2v) is 6.46. The van der Waals surface area contributed by atoms with E-state index in [0.717, 1.165) is 31.3 Å². The van der Waals surface area contributed by atoms with E-state index in [9.17, 15) is 9.59 Å². The number of likely N-dealkylation sites (N-methyl/N-ethyl adjacent to an activating group) is 2. The lowest BCUT2D eigenvalue weighted by atomic mass is 10.2. The molecule has 2 aliphatic heterocycles. The van der Waals surface area contributed by atoms with Crippen molar-refractivity contribution in [3.63, 3.8) is 0 Å². The van der Waals surface area contributed by atoms with Gasteiger partial charge in [0.05, 0.1) is 10.6 Å². The quantitative estimate of drug-likeness (QED) is 0.831. The zero-order valence-corrected chi connectivity index (χ0v) is 13.3. The van der Waals surface area contributed by atoms with Crippen LogP contribution >= 0.6 is 11.8 Å². The average molecular weight is 319 g/mol. The Bertz CT molecular complexity index is 648. The molecule has 0 aliphatic carbocycles. The normalized spacial score (nSPS) is 24.1. The summed E-state index contributed by atoms with van der Waals surface area (Å²) in [6.07, 6.45) is 4.36. The Hall–Kier alpha value is -1.93. The number of carbonyl (C=O) groups excluding carboxylic acids is 2. The molecule has 1 aromatic heterocycles. The summed E-state index contributed by atoms with van der Waals surface area (Å²) in [7, 11) is 4.08. The Morgan fingerprint density at radius 2 is 2.32 bits per heavy atom. The molecule has 0 radical (unpaired) electrons. The second-order valence-electron chi connectivity index (χ2n) is 5.45. The van der Waals surface area contributed by atoms with Crippen molar-refractivity contribution in [2.24, 2.45) is 0 Å². The first-order valence-electron chi connectivity index (χ1n) is 7.02. The van der Waals surface area contributed by atoms with Gasteiger partial charge >= 0.3 is 0 Å². The predicted octanol–water partition coefficient (Wildman–Crippen LogP) is 0.941. The molecule has 1 atom stereocenters. The van der Waals surface area contributed by atoms with Gasteiger partial charge in [0.15, 0.2) is 0 Å². The maximum absolute atomic E-state index is 11.6. The number of nitrogens with zero attached hydrogens (tertiary/aromatic N) is 4. The highest BCUT2D eigenvalue weighted by Gasteiger charge is 2.26. The molecule has 116 valence electrons. The molecule has 1 unspecified atom stereocenters. The van der Waals surface area contributed by atoms with Gasteiger partial charge in [0, 0.05) is 25.8 Å². The van der Waals surface area contributed by atoms with Gasteiger partial charge in [-0.2, -0.15) is 0 Å². The molecule has 2 aliphatic rings. The largest absolute Gasteiger partial charge is 0.340 e. The maximum Gasteiger partial charge on any atom is 0.290 e. The smallest absolute Gasteiger partial charge is 0.290 e. The molecule has 0 bridgehead atoms. The third kappa shape index (κ3) is 3.12. The summed E-state index contributed by atoms with van der Waals surface area (Å²) in [6, 6.07) is 2.11. The van der Waals surface area contributed by atoms with Gasteiger partial charge in [0.25, 0.3) is 11.1 Å². The SMILES string of the molecule is CN1CCC(N(C)c2nccc(/C=C3\SC(=O)NC3=O)n2)C1. The van der Waals surface area contributed by atoms with Gasteiger partial charge in [0.2, 0.25) is 5.95 Å². The lowest BCUT2D eigenvalue weighted by Gasteiger charge is -2.24. The summed E-state index contributed by atoms with van der Waals surface area (Å²) in [5.74, 6) is 0.255. The van der Waals surface area contributed by atoms with Gasteiger partial charge in [0.1, 0.15) is 0 Å². The van der Waals surface area contributed by atoms with E-state index in [2.05, 4.69) is 32.1 Å². The molecular formula is C14H17N5O2S. The number of hydrogen-bond acceptors (Lipinski definition) is 7. The van der Waals surface area contributed by atoms with Crippen molar-refractivity contribution in [1.29, 1.82) is 0 Å². The summed E-state index contributed by atoms with van der Waals surface area (Å²) in [6.45, 7) is 2.05. The minimum absolute atomic E-state index is 0.350. The van der Waals surface area contributed by atoms with E-state index in [1.807, 2.05) is 7.05 Å². The summed E-state index contributed by atoms with van der Waals surface area (Å²) < 4.78 is 0. The van der Waals surface area contributed by atoms with Crippen molar-refractivity contribution in [2.75, 3.05) is 32.1 Å². The Morgan fingerprint density at radius 1 is 1.50 bits per heavy atom. The number of anilines is 1. The summed E-state index contributed by atoms with van der Waals surface area (Å²) in [5, 5.41) is 1.88. The molecule has 3 rings (SSSR count). The molecule has 2 amide bonds. The first-order chi connectivity index (χ1) is 10.5. The number of hydrogen-bond donors (Lipinski definition) is 1. The van der Waals surface area contributed by atoms with Crippen LogP contribution in [0.4, 0.5) is 10.7 Å². The fraction of sp³-hybridized carbons (Fsp3) is 0.429. The third-order valence-corrected chi connectivity index (χ3v) is 4.63. The van der Waals surface area contributed by atoms with Gasteiger partial charge in [-0.05, 0) is 43.9 Å². The number of likely N-dealkylation sites (tertiary alicyclic amines) is 1. The first-order valence-corrected chi connectivity index (χ1v) is 7.84. The number of amides is 2. The van der Waals surface area contributed by atoms with E-state index in [0.29, 0.717) is 22.6 Å². The molecule has 2 fully saturated rings. The Labute approximate surface area is 132 Å². The van der Waals surface area contributed by atoms with E-state index in [1.165, 1.54) is 0 Å². The van der Waals surface area contributed by atoms with Crippen LogP contribution in [0, 0.1) is 0 Å². The molecule has 22 heavy (non-hydrogen) atoms. The van der Waals surface area contributed by atoms with Crippen LogP contribution in [0.15, 0.2) is 17.2 Å². The van der Waals surface area contributed by atoms with Crippen LogP contribution in [0.5, 0.6) is 0 Å². The van der Waals surface area contributed by atoms with Gasteiger partial charge < -0.3 is 9.80 Å². The van der Waals surface area contributed by atoms with Crippen LogP contribution in [0.2, 0.25) is 0 Å². The lowest BCUT2D eigenvalue weighted by Crippen LogP contribution is -2.35. The van der Waals surface area contributed by atoms with Gasteiger partial charge in [-0.3, -0.25) is 14.9 Å². The Kier molecular flexibility index (Phi) is 4.12. The lowest BCUT2D eigenvalue weighted by molar-refractivity contribution is -0.115. The molecule has 2 saturated heterocycles. The maximum atomic E-state index is 11.6. The van der Waals surface area contributed by atoms with Crippen LogP contribution in [0.1, 0.15) is 12.1 Å². The number of thioether (sulfide) groups is 1. The fourth-order valence-corrected chi connectivity index (χ4v) is 3.23. The van der Waals surface area contributed by atoms with Gasteiger partial charge in [-0.15, -0.1) is 0 Å². The summed E-state index contributed by atoms with van der Waals surface area (Å²) in [5.41, 5.74) is 0.621. The van der Waals surface area contributed by atoms with Crippen molar-refractivity contribution >= 4 is 34.9 Å². The standard InChI is InChI=1S/C14H17N5O2S/c1-18-6-4-10(8-18)19(2)13-15-5-3-9(16-13)7-11-12(20)17-14(21)22-11/h3,5,7,10H,4,6,8H2,1-2H3,(H,17,20,21)/b11-7-. The van der Waals surface area contributed by atoms with E-state index in [1.54, 1.807) is 18.3 Å². The van der Waals surface area contributed by atoms with Crippen LogP contribution in [0.3, 0.4) is 0 Å². The molecule has 7 nitrogen and oxygen atoms in total. The molecule has 3 heterocycles. The molecule has 8 heteroatoms. The van der Waals surface area contributed by atoms with Crippen molar-refractivity contribution < 1.29 is 9.59 Å². The average Bonchev–Trinajstić information content (AvgIpc) is 3.05. The number of imide groups is 1. The zero-order valence-electron chi connectivity index (χ0n) is 12.4. The molecule has 1 aromatic rings. The van der Waals surface area contributed by atoms with Crippen LogP contribution in [-0.2, 0) is 4.79 Å². The minimum Gasteiger partial charge on any atom is -0.340 e. The van der Waals surface area contributed by atoms with Gasteiger partial charge in [-0.1, -0.05) is 0 Å². The van der Waals surface area contributed by atoms with E-state index in [-0.39, 0.29) is 11.1 Å². The highest BCUT2D eigenvalue weighted by molar-refractivity contribution is 8.18. The fourth-order valence-electron chi connectivity index (χ4n) is 2.56. The van der Waals surface area contributed by atoms with Crippen LogP contribution < -0.4 is 10.2 Å².